The number of carbonyl (C=O) groups excluding carboxylic acids is 1. The first-order valence-corrected chi connectivity index (χ1v) is 8.36. The number of piperazine rings is 1. The lowest BCUT2D eigenvalue weighted by Gasteiger charge is -2.34. The molecule has 2 aromatic heterocycles. The van der Waals surface area contributed by atoms with Crippen molar-refractivity contribution in [1.29, 1.82) is 0 Å². The molecule has 1 saturated heterocycles. The van der Waals surface area contributed by atoms with Gasteiger partial charge in [-0.3, -0.25) is 14.9 Å². The number of hydrogen-bond acceptors (Lipinski definition) is 4. The Morgan fingerprint density at radius 2 is 1.80 bits per heavy atom. The summed E-state index contributed by atoms with van der Waals surface area (Å²) in [5.41, 5.74) is 2.76. The predicted molar refractivity (Wildman–Crippen MR) is 96.4 cm³/mol. The Bertz CT molecular complexity index is 839. The molecule has 0 unspecified atom stereocenters. The van der Waals surface area contributed by atoms with Crippen molar-refractivity contribution in [3.8, 4) is 11.3 Å². The highest BCUT2D eigenvalue weighted by atomic mass is 16.2. The second kappa shape index (κ2) is 6.76. The highest BCUT2D eigenvalue weighted by Crippen LogP contribution is 2.22. The van der Waals surface area contributed by atoms with Crippen LogP contribution in [0.1, 0.15) is 10.4 Å². The van der Waals surface area contributed by atoms with Crippen LogP contribution in [0.15, 0.2) is 60.9 Å². The Morgan fingerprint density at radius 1 is 1.00 bits per heavy atom. The number of rotatable bonds is 3. The van der Waals surface area contributed by atoms with Gasteiger partial charge < -0.3 is 9.80 Å². The van der Waals surface area contributed by atoms with Crippen molar-refractivity contribution in [2.24, 2.45) is 0 Å². The monoisotopic (exact) mass is 333 g/mol. The maximum absolute atomic E-state index is 12.5. The van der Waals surface area contributed by atoms with Crippen LogP contribution in [0, 0.1) is 0 Å². The molecule has 6 heteroatoms. The van der Waals surface area contributed by atoms with E-state index in [1.54, 1.807) is 18.5 Å². The first-order chi connectivity index (χ1) is 12.3. The van der Waals surface area contributed by atoms with Crippen LogP contribution in [0.5, 0.6) is 0 Å². The third kappa shape index (κ3) is 3.24. The Kier molecular flexibility index (Phi) is 4.16. The zero-order valence-electron chi connectivity index (χ0n) is 13.8. The summed E-state index contributed by atoms with van der Waals surface area (Å²) in [5, 5.41) is 7.53. The van der Waals surface area contributed by atoms with E-state index in [0.717, 1.165) is 30.2 Å². The maximum atomic E-state index is 12.5. The molecule has 1 aliphatic rings. The van der Waals surface area contributed by atoms with Crippen LogP contribution in [-0.2, 0) is 0 Å². The van der Waals surface area contributed by atoms with Crippen molar-refractivity contribution in [2.45, 2.75) is 0 Å². The summed E-state index contributed by atoms with van der Waals surface area (Å²) in [6.07, 6.45) is 3.30. The molecule has 1 aliphatic heterocycles. The zero-order chi connectivity index (χ0) is 17.1. The molecule has 1 amide bonds. The van der Waals surface area contributed by atoms with Crippen LogP contribution < -0.4 is 4.90 Å². The lowest BCUT2D eigenvalue weighted by molar-refractivity contribution is 0.0746. The first-order valence-electron chi connectivity index (χ1n) is 8.36. The molecule has 3 heterocycles. The molecule has 6 nitrogen and oxygen atoms in total. The van der Waals surface area contributed by atoms with Crippen LogP contribution in [0.25, 0.3) is 11.3 Å². The molecule has 0 atom stereocenters. The Balaban J connectivity index is 1.41. The Morgan fingerprint density at radius 3 is 2.52 bits per heavy atom. The predicted octanol–water partition coefficient (Wildman–Crippen LogP) is 2.43. The number of benzene rings is 1. The number of aromatic amines is 1. The molecule has 0 aliphatic carbocycles. The number of nitrogens with one attached hydrogen (secondary N) is 1. The van der Waals surface area contributed by atoms with Gasteiger partial charge in [0.1, 0.15) is 0 Å². The first kappa shape index (κ1) is 15.4. The topological polar surface area (TPSA) is 65.1 Å². The SMILES string of the molecule is O=C(c1cccnc1)N1CCN(c2cc(-c3ccccc3)[nH]n2)CC1. The second-order valence-corrected chi connectivity index (χ2v) is 6.03. The van der Waals surface area contributed by atoms with Crippen LogP contribution in [0.4, 0.5) is 5.82 Å². The van der Waals surface area contributed by atoms with Gasteiger partial charge in [0.15, 0.2) is 5.82 Å². The molecule has 0 spiro atoms. The summed E-state index contributed by atoms with van der Waals surface area (Å²) in [6, 6.07) is 15.8. The number of carbonyl (C=O) groups is 1. The molecule has 1 N–H and O–H groups in total. The number of hydrogen-bond donors (Lipinski definition) is 1. The standard InChI is InChI=1S/C19H19N5O/c25-19(16-7-4-8-20-14-16)24-11-9-23(10-12-24)18-13-17(21-22-18)15-5-2-1-3-6-15/h1-8,13-14H,9-12H2,(H,21,22). The van der Waals surface area contributed by atoms with E-state index in [-0.39, 0.29) is 5.91 Å². The van der Waals surface area contributed by atoms with Crippen LogP contribution in [0.3, 0.4) is 0 Å². The maximum Gasteiger partial charge on any atom is 0.255 e. The minimum absolute atomic E-state index is 0.0414. The van der Waals surface area contributed by atoms with Crippen molar-refractivity contribution >= 4 is 11.7 Å². The average Bonchev–Trinajstić information content (AvgIpc) is 3.19. The second-order valence-electron chi connectivity index (χ2n) is 6.03. The average molecular weight is 333 g/mol. The molecule has 0 bridgehead atoms. The summed E-state index contributed by atoms with van der Waals surface area (Å²) < 4.78 is 0. The minimum atomic E-state index is 0.0414. The van der Waals surface area contributed by atoms with Crippen molar-refractivity contribution in [3.05, 3.63) is 66.5 Å². The molecule has 4 rings (SSSR count). The van der Waals surface area contributed by atoms with E-state index in [9.17, 15) is 4.79 Å². The third-order valence-electron chi connectivity index (χ3n) is 4.45. The number of amides is 1. The van der Waals surface area contributed by atoms with Crippen molar-refractivity contribution in [1.82, 2.24) is 20.1 Å². The molecular formula is C19H19N5O. The minimum Gasteiger partial charge on any atom is -0.352 e. The highest BCUT2D eigenvalue weighted by Gasteiger charge is 2.23. The molecule has 126 valence electrons. The zero-order valence-corrected chi connectivity index (χ0v) is 13.8. The molecule has 25 heavy (non-hydrogen) atoms. The quantitative estimate of drug-likeness (QED) is 0.799. The van der Waals surface area contributed by atoms with Gasteiger partial charge in [0.05, 0.1) is 11.3 Å². The Hall–Kier alpha value is -3.15. The number of H-pyrrole nitrogens is 1. The van der Waals surface area contributed by atoms with Crippen molar-refractivity contribution in [3.63, 3.8) is 0 Å². The van der Waals surface area contributed by atoms with E-state index in [0.29, 0.717) is 18.7 Å². The third-order valence-corrected chi connectivity index (χ3v) is 4.45. The summed E-state index contributed by atoms with van der Waals surface area (Å²) in [4.78, 5) is 20.6. The Labute approximate surface area is 146 Å². The normalized spacial score (nSPS) is 14.6. The summed E-state index contributed by atoms with van der Waals surface area (Å²) in [6.45, 7) is 2.90. The lowest BCUT2D eigenvalue weighted by atomic mass is 10.1. The number of aromatic nitrogens is 3. The molecule has 1 fully saturated rings. The lowest BCUT2D eigenvalue weighted by Crippen LogP contribution is -2.49. The van der Waals surface area contributed by atoms with Crippen LogP contribution in [-0.4, -0.2) is 52.2 Å². The fourth-order valence-electron chi connectivity index (χ4n) is 3.05. The number of pyridine rings is 1. The van der Waals surface area contributed by atoms with E-state index in [1.807, 2.05) is 29.2 Å². The van der Waals surface area contributed by atoms with Gasteiger partial charge in [-0.05, 0) is 17.7 Å². The van der Waals surface area contributed by atoms with Gasteiger partial charge in [-0.25, -0.2) is 0 Å². The molecule has 3 aromatic rings. The smallest absolute Gasteiger partial charge is 0.255 e. The van der Waals surface area contributed by atoms with E-state index in [2.05, 4.69) is 38.3 Å². The van der Waals surface area contributed by atoms with E-state index >= 15 is 0 Å². The summed E-state index contributed by atoms with van der Waals surface area (Å²) in [7, 11) is 0. The van der Waals surface area contributed by atoms with Gasteiger partial charge in [-0.1, -0.05) is 30.3 Å². The van der Waals surface area contributed by atoms with Crippen molar-refractivity contribution in [2.75, 3.05) is 31.1 Å². The number of nitrogens with zero attached hydrogens (tertiary/aromatic N) is 4. The fraction of sp³-hybridized carbons (Fsp3) is 0.211. The van der Waals surface area contributed by atoms with E-state index < -0.39 is 0 Å². The molecule has 1 aromatic carbocycles. The highest BCUT2D eigenvalue weighted by molar-refractivity contribution is 5.94. The molecular weight excluding hydrogens is 314 g/mol. The van der Waals surface area contributed by atoms with Gasteiger partial charge in [0.25, 0.3) is 5.91 Å². The van der Waals surface area contributed by atoms with Gasteiger partial charge in [-0.2, -0.15) is 5.10 Å². The van der Waals surface area contributed by atoms with E-state index in [1.165, 1.54) is 0 Å². The van der Waals surface area contributed by atoms with Gasteiger partial charge in [0.2, 0.25) is 0 Å². The van der Waals surface area contributed by atoms with Crippen LogP contribution in [0.2, 0.25) is 0 Å². The summed E-state index contributed by atoms with van der Waals surface area (Å²) >= 11 is 0. The van der Waals surface area contributed by atoms with Gasteiger partial charge >= 0.3 is 0 Å². The molecule has 0 radical (unpaired) electrons. The van der Waals surface area contributed by atoms with Gasteiger partial charge in [0, 0.05) is 44.6 Å². The number of anilines is 1. The van der Waals surface area contributed by atoms with E-state index in [4.69, 9.17) is 0 Å². The summed E-state index contributed by atoms with van der Waals surface area (Å²) in [5.74, 6) is 0.965. The fourth-order valence-corrected chi connectivity index (χ4v) is 3.05. The largest absolute Gasteiger partial charge is 0.352 e. The van der Waals surface area contributed by atoms with Gasteiger partial charge in [-0.15, -0.1) is 0 Å². The van der Waals surface area contributed by atoms with Crippen LogP contribution >= 0.6 is 0 Å². The van der Waals surface area contributed by atoms with Crippen molar-refractivity contribution < 1.29 is 4.79 Å². The molecule has 0 saturated carbocycles.